The second-order valence-corrected chi connectivity index (χ2v) is 28.4. The molecule has 37 nitrogen and oxygen atoms in total. The molecule has 0 aliphatic carbocycles. The Labute approximate surface area is 605 Å². The highest BCUT2D eigenvalue weighted by atomic mass is 16.4. The van der Waals surface area contributed by atoms with Crippen LogP contribution in [0.1, 0.15) is 141 Å². The summed E-state index contributed by atoms with van der Waals surface area (Å²) in [4.78, 5) is 208. The number of carboxylic acid groups (broad SMARTS) is 1. The standard InChI is InChI=1S/C67H112N18O19/c1-32(2)25-39(68)54(92)79-43(26-33(3)4)64(102)85-24-18-22-46(85)60(98)76-40(21-17-23-72-66(70)71)56(94)84-52(67(11,12)13)63(101)74-36(9)53(91)77-42(28-47(69)89)55(93)73-29-48(90)75-44(30-86)58(96)80-45(31-87)59(97)78-41(27-38-19-15-14-16-20-38)57(95)81-49(34(5)6)61(99)83-51(37(10)88)62(100)82-50(35(7)8)65(103)104/h14-16,19-20,32-37,39-46,49-52,86-88H,17-18,21-31,68H2,1-13H3,(H2,69,89)(H,73,93)(H,74,101)(H,75,90)(H,76,98)(H,77,91)(H,78,97)(H,79,92)(H,80,96)(H,81,95)(H,82,100)(H,83,99)(H,84,94)(H,103,104)(H4,70,71,72)/t36-,37+,39-,40-,41-,42-,43-,44-,45-,46-,49-,50-,51-,52?/m0/s1. The fraction of sp³-hybridized carbons (Fsp3) is 0.672. The SMILES string of the molecule is CC(C)C[C@H](NC(=O)[C@@H](N)CC(C)C)C(=O)N1CCC[C@H]1C(=O)N[C@@H](CCCN=C(N)N)C(=O)NC(C(=O)N[C@@H](C)C(=O)N[C@@H](CC(N)=O)C(=O)NCC(=O)N[C@@H](CO)C(=O)N[C@@H](CO)C(=O)N[C@@H](Cc1ccccc1)C(=O)N[C@H](C(=O)N[C@H](C(=O)N[C@H](C(=O)O)C(C)C)[C@@H](C)O)C(C)C)C(C)(C)C. The van der Waals surface area contributed by atoms with Gasteiger partial charge in [-0.15, -0.1) is 0 Å². The number of aliphatic hydroxyl groups is 3. The van der Waals surface area contributed by atoms with Crippen LogP contribution in [0.25, 0.3) is 0 Å². The zero-order chi connectivity index (χ0) is 79.2. The number of carboxylic acids is 1. The van der Waals surface area contributed by atoms with Crippen LogP contribution < -0.4 is 86.7 Å². The molecule has 584 valence electrons. The molecule has 0 bridgehead atoms. The first kappa shape index (κ1) is 90.5. The topological polar surface area (TPSA) is 601 Å². The molecule has 14 amide bonds. The van der Waals surface area contributed by atoms with Gasteiger partial charge in [0.15, 0.2) is 5.96 Å². The number of nitrogens with one attached hydrogen (secondary N) is 12. The Kier molecular flexibility index (Phi) is 37.8. The summed E-state index contributed by atoms with van der Waals surface area (Å²) >= 11 is 0. The quantitative estimate of drug-likeness (QED) is 0.0164. The van der Waals surface area contributed by atoms with E-state index in [1.165, 1.54) is 46.4 Å². The van der Waals surface area contributed by atoms with Crippen LogP contribution in [0.2, 0.25) is 0 Å². The number of nitrogens with two attached hydrogens (primary N) is 4. The Morgan fingerprint density at radius 3 is 1.59 bits per heavy atom. The van der Waals surface area contributed by atoms with E-state index < -0.39 is 217 Å². The minimum atomic E-state index is -1.88. The minimum absolute atomic E-state index is 0.0315. The van der Waals surface area contributed by atoms with Crippen molar-refractivity contribution in [1.29, 1.82) is 0 Å². The maximum Gasteiger partial charge on any atom is 0.326 e. The molecule has 37 heteroatoms. The van der Waals surface area contributed by atoms with Crippen molar-refractivity contribution in [2.24, 2.45) is 57.0 Å². The number of likely N-dealkylation sites (tertiary alicyclic amines) is 1. The largest absolute Gasteiger partial charge is 0.480 e. The summed E-state index contributed by atoms with van der Waals surface area (Å²) in [6.45, 7) is 17.8. The van der Waals surface area contributed by atoms with Crippen molar-refractivity contribution in [2.75, 3.05) is 32.8 Å². The molecule has 0 radical (unpaired) electrons. The normalized spacial score (nSPS) is 16.7. The summed E-state index contributed by atoms with van der Waals surface area (Å²) in [7, 11) is 0. The summed E-state index contributed by atoms with van der Waals surface area (Å²) in [5.41, 5.74) is 22.0. The number of nitrogens with zero attached hydrogens (tertiary/aromatic N) is 2. The predicted octanol–water partition coefficient (Wildman–Crippen LogP) is -6.15. The van der Waals surface area contributed by atoms with Gasteiger partial charge in [0.05, 0.1) is 38.3 Å². The molecule has 0 aromatic heterocycles. The molecule has 1 fully saturated rings. The van der Waals surface area contributed by atoms with E-state index in [0.717, 1.165) is 0 Å². The zero-order valence-corrected chi connectivity index (χ0v) is 61.6. The first-order chi connectivity index (χ1) is 48.4. The van der Waals surface area contributed by atoms with Crippen LogP contribution in [-0.2, 0) is 78.3 Å². The molecule has 104 heavy (non-hydrogen) atoms. The van der Waals surface area contributed by atoms with E-state index in [2.05, 4.69) is 68.8 Å². The molecule has 2 rings (SSSR count). The second kappa shape index (κ2) is 43.5. The molecule has 1 unspecified atom stereocenters. The third-order valence-electron chi connectivity index (χ3n) is 16.5. The number of rotatable bonds is 43. The van der Waals surface area contributed by atoms with Crippen molar-refractivity contribution in [1.82, 2.24) is 68.7 Å². The van der Waals surface area contributed by atoms with Crippen molar-refractivity contribution < 1.29 is 92.3 Å². The zero-order valence-electron chi connectivity index (χ0n) is 61.6. The highest BCUT2D eigenvalue weighted by molar-refractivity contribution is 6.00. The lowest BCUT2D eigenvalue weighted by Gasteiger charge is -2.33. The van der Waals surface area contributed by atoms with Gasteiger partial charge < -0.3 is 112 Å². The number of aliphatic imine (C=N–C) groups is 1. The molecule has 1 saturated heterocycles. The molecule has 1 aliphatic rings. The van der Waals surface area contributed by atoms with Crippen LogP contribution in [0, 0.1) is 29.1 Å². The van der Waals surface area contributed by atoms with Gasteiger partial charge in [-0.2, -0.15) is 0 Å². The number of aliphatic carboxylic acids is 1. The van der Waals surface area contributed by atoms with Crippen molar-refractivity contribution in [3.8, 4) is 0 Å². The molecule has 0 spiro atoms. The lowest BCUT2D eigenvalue weighted by atomic mass is 9.85. The second-order valence-electron chi connectivity index (χ2n) is 28.4. The van der Waals surface area contributed by atoms with Gasteiger partial charge in [0, 0.05) is 19.5 Å². The van der Waals surface area contributed by atoms with E-state index in [1.807, 2.05) is 27.7 Å². The Hall–Kier alpha value is -9.62. The summed E-state index contributed by atoms with van der Waals surface area (Å²) in [5.74, 6) is -16.3. The Balaban J connectivity index is 2.25. The van der Waals surface area contributed by atoms with Crippen LogP contribution in [0.5, 0.6) is 0 Å². The van der Waals surface area contributed by atoms with Gasteiger partial charge in [0.25, 0.3) is 0 Å². The van der Waals surface area contributed by atoms with Crippen molar-refractivity contribution in [3.63, 3.8) is 0 Å². The molecule has 1 heterocycles. The maximum absolute atomic E-state index is 14.3. The number of hydrogen-bond acceptors (Lipinski definition) is 20. The Morgan fingerprint density at radius 1 is 0.558 bits per heavy atom. The third kappa shape index (κ3) is 30.8. The van der Waals surface area contributed by atoms with E-state index in [4.69, 9.17) is 22.9 Å². The lowest BCUT2D eigenvalue weighted by Crippen LogP contribution is -2.62. The van der Waals surface area contributed by atoms with E-state index >= 15 is 0 Å². The van der Waals surface area contributed by atoms with Crippen LogP contribution in [0.3, 0.4) is 0 Å². The minimum Gasteiger partial charge on any atom is -0.480 e. The van der Waals surface area contributed by atoms with Gasteiger partial charge >= 0.3 is 5.97 Å². The van der Waals surface area contributed by atoms with Gasteiger partial charge in [-0.1, -0.05) is 106 Å². The highest BCUT2D eigenvalue weighted by Crippen LogP contribution is 2.23. The number of guanidine groups is 1. The van der Waals surface area contributed by atoms with E-state index in [1.54, 1.807) is 51.1 Å². The highest BCUT2D eigenvalue weighted by Gasteiger charge is 2.43. The smallest absolute Gasteiger partial charge is 0.326 e. The van der Waals surface area contributed by atoms with Crippen molar-refractivity contribution in [3.05, 3.63) is 35.9 Å². The van der Waals surface area contributed by atoms with E-state index in [9.17, 15) is 92.3 Å². The number of primary amides is 1. The summed E-state index contributed by atoms with van der Waals surface area (Å²) in [6.07, 6.45) is -1.34. The van der Waals surface area contributed by atoms with Crippen LogP contribution in [-0.4, -0.2) is 237 Å². The molecule has 1 aromatic carbocycles. The number of aliphatic hydroxyl groups excluding tert-OH is 3. The van der Waals surface area contributed by atoms with Crippen molar-refractivity contribution in [2.45, 2.75) is 226 Å². The van der Waals surface area contributed by atoms with Gasteiger partial charge in [-0.3, -0.25) is 72.1 Å². The molecule has 1 aromatic rings. The first-order valence-electron chi connectivity index (χ1n) is 34.6. The van der Waals surface area contributed by atoms with E-state index in [0.29, 0.717) is 18.4 Å². The maximum atomic E-state index is 14.3. The molecular weight excluding hydrogens is 1360 g/mol. The third-order valence-corrected chi connectivity index (χ3v) is 16.5. The average molecular weight is 1470 g/mol. The van der Waals surface area contributed by atoms with Gasteiger partial charge in [-0.05, 0) is 87.0 Å². The van der Waals surface area contributed by atoms with Crippen LogP contribution in [0.4, 0.5) is 0 Å². The Morgan fingerprint density at radius 2 is 1.07 bits per heavy atom. The number of carbonyl (C=O) groups excluding carboxylic acids is 14. The monoisotopic (exact) mass is 1470 g/mol. The summed E-state index contributed by atoms with van der Waals surface area (Å²) in [6, 6.07) is -10.8. The summed E-state index contributed by atoms with van der Waals surface area (Å²) < 4.78 is 0. The number of carbonyl (C=O) groups is 15. The first-order valence-corrected chi connectivity index (χ1v) is 34.6. The molecule has 1 aliphatic heterocycles. The molecule has 24 N–H and O–H groups in total. The molecular formula is C67H112N18O19. The molecule has 14 atom stereocenters. The number of hydrogen-bond donors (Lipinski definition) is 20. The predicted molar refractivity (Wildman–Crippen MR) is 378 cm³/mol. The molecule has 0 saturated carbocycles. The fourth-order valence-corrected chi connectivity index (χ4v) is 10.8. The number of amides is 14. The van der Waals surface area contributed by atoms with Crippen molar-refractivity contribution >= 4 is 94.6 Å². The Bertz CT molecular complexity index is 3160. The van der Waals surface area contributed by atoms with E-state index in [-0.39, 0.29) is 63.0 Å². The average Bonchev–Trinajstić information content (AvgIpc) is 1.54. The van der Waals surface area contributed by atoms with Crippen LogP contribution >= 0.6 is 0 Å². The van der Waals surface area contributed by atoms with Gasteiger partial charge in [0.2, 0.25) is 82.7 Å². The fourth-order valence-electron chi connectivity index (χ4n) is 10.8. The van der Waals surface area contributed by atoms with Crippen LogP contribution in [0.15, 0.2) is 35.3 Å². The summed E-state index contributed by atoms with van der Waals surface area (Å²) in [5, 5.41) is 69.5. The number of benzene rings is 1. The lowest BCUT2D eigenvalue weighted by molar-refractivity contribution is -0.144. The van der Waals surface area contributed by atoms with Gasteiger partial charge in [-0.25, -0.2) is 4.79 Å². The van der Waals surface area contributed by atoms with Gasteiger partial charge in [0.1, 0.15) is 72.5 Å².